The number of aromatic amines is 1. The van der Waals surface area contributed by atoms with Crippen LogP contribution in [0, 0.1) is 5.82 Å². The van der Waals surface area contributed by atoms with Gasteiger partial charge in [0.25, 0.3) is 0 Å². The number of nitrogens with one attached hydrogen (secondary N) is 1. The zero-order valence-corrected chi connectivity index (χ0v) is 23.3. The maximum Gasteiger partial charge on any atom is 0.225 e. The van der Waals surface area contributed by atoms with E-state index in [1.165, 1.54) is 12.1 Å². The van der Waals surface area contributed by atoms with Crippen molar-refractivity contribution in [1.82, 2.24) is 34.7 Å². The highest BCUT2D eigenvalue weighted by atomic mass is 19.1. The van der Waals surface area contributed by atoms with E-state index in [-0.39, 0.29) is 5.82 Å². The van der Waals surface area contributed by atoms with Crippen LogP contribution in [-0.4, -0.2) is 71.6 Å². The molecule has 1 aliphatic heterocycles. The molecule has 1 atom stereocenters. The van der Waals surface area contributed by atoms with E-state index in [2.05, 4.69) is 45.9 Å². The lowest BCUT2D eigenvalue weighted by Crippen LogP contribution is -2.47. The molecule has 212 valence electrons. The molecule has 0 saturated carbocycles. The Hall–Kier alpha value is -4.42. The molecular formula is C29H33FN10O. The van der Waals surface area contributed by atoms with Gasteiger partial charge in [-0.15, -0.1) is 0 Å². The number of nitrogens with zero attached hydrogens (tertiary/aromatic N) is 8. The standard InChI is InChI=1S/C29H33FN10O/c1-28(2,41)17-40-16-19(13-36-40)24-12-23-25(37-24)34-18-35-26(23)38-8-10-39(11-9-38)27-32-14-21(15-33-27)29(3,31)20-4-6-22(30)7-5-20/h4-7,12-16,18,41H,8-11,17,31H2,1-3H3,(H,34,35,37). The van der Waals surface area contributed by atoms with Gasteiger partial charge in [0, 0.05) is 55.9 Å². The van der Waals surface area contributed by atoms with E-state index in [0.29, 0.717) is 12.5 Å². The molecule has 0 bridgehead atoms. The van der Waals surface area contributed by atoms with Crippen LogP contribution in [0.2, 0.25) is 0 Å². The van der Waals surface area contributed by atoms with Gasteiger partial charge in [0.1, 0.15) is 23.6 Å². The Morgan fingerprint density at radius 3 is 2.29 bits per heavy atom. The molecular weight excluding hydrogens is 523 g/mol. The molecule has 0 spiro atoms. The summed E-state index contributed by atoms with van der Waals surface area (Å²) in [5.74, 6) is 1.21. The van der Waals surface area contributed by atoms with Gasteiger partial charge in [0.15, 0.2) is 0 Å². The highest BCUT2D eigenvalue weighted by Crippen LogP contribution is 2.30. The quantitative estimate of drug-likeness (QED) is 0.276. The van der Waals surface area contributed by atoms with Crippen LogP contribution in [0.4, 0.5) is 16.2 Å². The normalized spacial score (nSPS) is 15.9. The molecule has 1 fully saturated rings. The van der Waals surface area contributed by atoms with Crippen molar-refractivity contribution in [1.29, 1.82) is 0 Å². The van der Waals surface area contributed by atoms with E-state index in [9.17, 15) is 9.50 Å². The number of piperazine rings is 1. The van der Waals surface area contributed by atoms with Crippen molar-refractivity contribution in [3.63, 3.8) is 0 Å². The SMILES string of the molecule is CC(C)(O)Cn1cc(-c2cc3c(N4CCN(c5ncc(C(C)(N)c6ccc(F)cc6)cn5)CC4)ncnc3[nH]2)cn1. The minimum absolute atomic E-state index is 0.301. The second-order valence-corrected chi connectivity index (χ2v) is 11.3. The van der Waals surface area contributed by atoms with Gasteiger partial charge in [-0.25, -0.2) is 24.3 Å². The van der Waals surface area contributed by atoms with Crippen molar-refractivity contribution >= 4 is 22.8 Å². The third-order valence-corrected chi connectivity index (χ3v) is 7.44. The summed E-state index contributed by atoms with van der Waals surface area (Å²) in [5, 5.41) is 15.4. The molecule has 41 heavy (non-hydrogen) atoms. The molecule has 11 nitrogen and oxygen atoms in total. The number of hydrogen-bond donors (Lipinski definition) is 3. The lowest BCUT2D eigenvalue weighted by Gasteiger charge is -2.35. The Labute approximate surface area is 236 Å². The van der Waals surface area contributed by atoms with E-state index in [1.807, 2.05) is 13.1 Å². The molecule has 4 N–H and O–H groups in total. The minimum Gasteiger partial charge on any atom is -0.389 e. The molecule has 1 unspecified atom stereocenters. The summed E-state index contributed by atoms with van der Waals surface area (Å²) in [6.45, 7) is 8.71. The molecule has 0 amide bonds. The second kappa shape index (κ2) is 10.2. The number of aromatic nitrogens is 7. The Morgan fingerprint density at radius 1 is 0.927 bits per heavy atom. The predicted octanol–water partition coefficient (Wildman–Crippen LogP) is 3.07. The second-order valence-electron chi connectivity index (χ2n) is 11.3. The predicted molar refractivity (Wildman–Crippen MR) is 155 cm³/mol. The Kier molecular flexibility index (Phi) is 6.66. The number of nitrogens with two attached hydrogens (primary N) is 1. The topological polar surface area (TPSA) is 138 Å². The highest BCUT2D eigenvalue weighted by molar-refractivity contribution is 5.91. The van der Waals surface area contributed by atoms with E-state index < -0.39 is 11.1 Å². The van der Waals surface area contributed by atoms with Gasteiger partial charge in [-0.1, -0.05) is 12.1 Å². The summed E-state index contributed by atoms with van der Waals surface area (Å²) in [7, 11) is 0. The number of aliphatic hydroxyl groups is 1. The molecule has 12 heteroatoms. The average Bonchev–Trinajstić information content (AvgIpc) is 3.59. The maximum absolute atomic E-state index is 13.4. The summed E-state index contributed by atoms with van der Waals surface area (Å²) in [6.07, 6.45) is 8.76. The van der Waals surface area contributed by atoms with Crippen LogP contribution in [0.5, 0.6) is 0 Å². The molecule has 5 heterocycles. The van der Waals surface area contributed by atoms with E-state index in [1.54, 1.807) is 55.6 Å². The van der Waals surface area contributed by atoms with Gasteiger partial charge in [0.2, 0.25) is 5.95 Å². The lowest BCUT2D eigenvalue weighted by molar-refractivity contribution is 0.0577. The molecule has 4 aromatic heterocycles. The Bertz CT molecular complexity index is 1650. The van der Waals surface area contributed by atoms with Crippen LogP contribution in [0.3, 0.4) is 0 Å². The number of hydrogen-bond acceptors (Lipinski definition) is 9. The number of halogens is 1. The van der Waals surface area contributed by atoms with Crippen LogP contribution >= 0.6 is 0 Å². The third kappa shape index (κ3) is 5.48. The zero-order valence-electron chi connectivity index (χ0n) is 23.3. The van der Waals surface area contributed by atoms with Crippen molar-refractivity contribution in [2.45, 2.75) is 38.5 Å². The summed E-state index contributed by atoms with van der Waals surface area (Å²) in [4.78, 5) is 26.0. The van der Waals surface area contributed by atoms with Gasteiger partial charge in [-0.3, -0.25) is 4.68 Å². The molecule has 6 rings (SSSR count). The van der Waals surface area contributed by atoms with Crippen molar-refractivity contribution in [2.75, 3.05) is 36.0 Å². The summed E-state index contributed by atoms with van der Waals surface area (Å²) in [5.41, 5.74) is 8.99. The van der Waals surface area contributed by atoms with Gasteiger partial charge in [0.05, 0.1) is 35.0 Å². The fourth-order valence-electron chi connectivity index (χ4n) is 5.15. The summed E-state index contributed by atoms with van der Waals surface area (Å²) in [6, 6.07) is 8.23. The fourth-order valence-corrected chi connectivity index (χ4v) is 5.15. The molecule has 1 aliphatic rings. The van der Waals surface area contributed by atoms with Crippen molar-refractivity contribution in [3.05, 3.63) is 78.4 Å². The highest BCUT2D eigenvalue weighted by Gasteiger charge is 2.27. The van der Waals surface area contributed by atoms with Crippen molar-refractivity contribution < 1.29 is 9.50 Å². The van der Waals surface area contributed by atoms with E-state index in [0.717, 1.165) is 65.4 Å². The fraction of sp³-hybridized carbons (Fsp3) is 0.345. The number of H-pyrrole nitrogens is 1. The smallest absolute Gasteiger partial charge is 0.225 e. The van der Waals surface area contributed by atoms with Gasteiger partial charge in [-0.05, 0) is 44.5 Å². The van der Waals surface area contributed by atoms with Crippen LogP contribution < -0.4 is 15.5 Å². The largest absolute Gasteiger partial charge is 0.389 e. The molecule has 1 aromatic carbocycles. The maximum atomic E-state index is 13.4. The number of benzene rings is 1. The first-order valence-corrected chi connectivity index (χ1v) is 13.5. The van der Waals surface area contributed by atoms with E-state index in [4.69, 9.17) is 5.73 Å². The van der Waals surface area contributed by atoms with E-state index >= 15 is 0 Å². The van der Waals surface area contributed by atoms with Gasteiger partial charge >= 0.3 is 0 Å². The average molecular weight is 557 g/mol. The first-order chi connectivity index (χ1) is 19.6. The molecule has 5 aromatic rings. The minimum atomic E-state index is -0.855. The van der Waals surface area contributed by atoms with Crippen LogP contribution in [0.1, 0.15) is 31.9 Å². The van der Waals surface area contributed by atoms with Gasteiger partial charge < -0.3 is 25.6 Å². The Morgan fingerprint density at radius 2 is 1.61 bits per heavy atom. The van der Waals surface area contributed by atoms with Crippen LogP contribution in [-0.2, 0) is 12.1 Å². The third-order valence-electron chi connectivity index (χ3n) is 7.44. The van der Waals surface area contributed by atoms with Crippen molar-refractivity contribution in [2.24, 2.45) is 5.73 Å². The monoisotopic (exact) mass is 556 g/mol. The van der Waals surface area contributed by atoms with Gasteiger partial charge in [-0.2, -0.15) is 5.10 Å². The first kappa shape index (κ1) is 26.8. The van der Waals surface area contributed by atoms with Crippen LogP contribution in [0.15, 0.2) is 61.4 Å². The summed E-state index contributed by atoms with van der Waals surface area (Å²) < 4.78 is 15.1. The zero-order chi connectivity index (χ0) is 28.8. The summed E-state index contributed by atoms with van der Waals surface area (Å²) >= 11 is 0. The Balaban J connectivity index is 1.15. The van der Waals surface area contributed by atoms with Crippen LogP contribution in [0.25, 0.3) is 22.3 Å². The number of fused-ring (bicyclic) bond motifs is 1. The molecule has 0 radical (unpaired) electrons. The first-order valence-electron chi connectivity index (χ1n) is 13.5. The number of anilines is 2. The lowest BCUT2D eigenvalue weighted by atomic mass is 9.87. The number of rotatable bonds is 7. The molecule has 1 saturated heterocycles. The van der Waals surface area contributed by atoms with Crippen molar-refractivity contribution in [3.8, 4) is 11.3 Å². The molecule has 0 aliphatic carbocycles.